The van der Waals surface area contributed by atoms with E-state index in [0.717, 1.165) is 25.4 Å². The van der Waals surface area contributed by atoms with Gasteiger partial charge in [0, 0.05) is 37.3 Å². The summed E-state index contributed by atoms with van der Waals surface area (Å²) in [5, 5.41) is 3.52. The summed E-state index contributed by atoms with van der Waals surface area (Å²) >= 11 is 0. The number of benzene rings is 1. The van der Waals surface area contributed by atoms with Gasteiger partial charge in [-0.25, -0.2) is 0 Å². The Morgan fingerprint density at radius 1 is 1.10 bits per heavy atom. The SMILES string of the molecule is CCOc1ccccc1CNCCN(C(C)C)C(C)C. The molecule has 20 heavy (non-hydrogen) atoms. The van der Waals surface area contributed by atoms with Crippen LogP contribution in [-0.2, 0) is 6.54 Å². The second-order valence-corrected chi connectivity index (χ2v) is 5.64. The maximum atomic E-state index is 5.64. The van der Waals surface area contributed by atoms with Gasteiger partial charge in [0.15, 0.2) is 0 Å². The van der Waals surface area contributed by atoms with Crippen LogP contribution in [0.2, 0.25) is 0 Å². The minimum absolute atomic E-state index is 0.590. The molecule has 3 heteroatoms. The molecule has 3 nitrogen and oxygen atoms in total. The lowest BCUT2D eigenvalue weighted by atomic mass is 10.2. The van der Waals surface area contributed by atoms with Crippen LogP contribution in [0.5, 0.6) is 5.75 Å². The fourth-order valence-corrected chi connectivity index (χ4v) is 2.49. The molecule has 0 radical (unpaired) electrons. The number of hydrogen-bond acceptors (Lipinski definition) is 3. The zero-order valence-electron chi connectivity index (χ0n) is 13.6. The Labute approximate surface area is 124 Å². The van der Waals surface area contributed by atoms with Crippen LogP contribution < -0.4 is 10.1 Å². The molecule has 114 valence electrons. The summed E-state index contributed by atoms with van der Waals surface area (Å²) in [5.41, 5.74) is 1.23. The van der Waals surface area contributed by atoms with E-state index >= 15 is 0 Å². The first-order valence-electron chi connectivity index (χ1n) is 7.73. The topological polar surface area (TPSA) is 24.5 Å². The molecule has 1 rings (SSSR count). The summed E-state index contributed by atoms with van der Waals surface area (Å²) in [6, 6.07) is 9.43. The monoisotopic (exact) mass is 278 g/mol. The lowest BCUT2D eigenvalue weighted by molar-refractivity contribution is 0.175. The van der Waals surface area contributed by atoms with E-state index in [9.17, 15) is 0 Å². The van der Waals surface area contributed by atoms with Gasteiger partial charge in [0.1, 0.15) is 5.75 Å². The van der Waals surface area contributed by atoms with E-state index in [1.807, 2.05) is 19.1 Å². The molecule has 0 aliphatic carbocycles. The summed E-state index contributed by atoms with van der Waals surface area (Å²) in [4.78, 5) is 2.50. The Hall–Kier alpha value is -1.06. The Bertz CT molecular complexity index is 369. The molecule has 0 bridgehead atoms. The van der Waals surface area contributed by atoms with Crippen LogP contribution in [0.4, 0.5) is 0 Å². The number of rotatable bonds is 9. The second kappa shape index (κ2) is 8.98. The number of nitrogens with one attached hydrogen (secondary N) is 1. The van der Waals surface area contributed by atoms with Crippen molar-refractivity contribution < 1.29 is 4.74 Å². The average Bonchev–Trinajstić information content (AvgIpc) is 2.39. The highest BCUT2D eigenvalue weighted by atomic mass is 16.5. The summed E-state index contributed by atoms with van der Waals surface area (Å²) in [6.45, 7) is 14.7. The average molecular weight is 278 g/mol. The Balaban J connectivity index is 2.41. The molecular formula is C17H30N2O. The van der Waals surface area contributed by atoms with Gasteiger partial charge in [0.25, 0.3) is 0 Å². The Morgan fingerprint density at radius 2 is 1.75 bits per heavy atom. The van der Waals surface area contributed by atoms with E-state index in [4.69, 9.17) is 4.74 Å². The summed E-state index contributed by atoms with van der Waals surface area (Å²) < 4.78 is 5.64. The first-order valence-corrected chi connectivity index (χ1v) is 7.73. The zero-order valence-corrected chi connectivity index (χ0v) is 13.6. The molecule has 0 saturated carbocycles. The van der Waals surface area contributed by atoms with E-state index in [2.05, 4.69) is 50.0 Å². The normalized spacial score (nSPS) is 11.6. The van der Waals surface area contributed by atoms with Crippen molar-refractivity contribution in [3.8, 4) is 5.75 Å². The highest BCUT2D eigenvalue weighted by molar-refractivity contribution is 5.33. The van der Waals surface area contributed by atoms with E-state index in [1.54, 1.807) is 0 Å². The third kappa shape index (κ3) is 5.51. The van der Waals surface area contributed by atoms with Crippen molar-refractivity contribution >= 4 is 0 Å². The number of para-hydroxylation sites is 1. The van der Waals surface area contributed by atoms with Crippen molar-refractivity contribution in [1.29, 1.82) is 0 Å². The fraction of sp³-hybridized carbons (Fsp3) is 0.647. The molecule has 1 aromatic rings. The van der Waals surface area contributed by atoms with Crippen LogP contribution in [-0.4, -0.2) is 36.7 Å². The van der Waals surface area contributed by atoms with Crippen LogP contribution in [0.25, 0.3) is 0 Å². The summed E-state index contributed by atoms with van der Waals surface area (Å²) in [5.74, 6) is 0.993. The standard InChI is InChI=1S/C17H30N2O/c1-6-20-17-10-8-7-9-16(17)13-18-11-12-19(14(2)3)15(4)5/h7-10,14-15,18H,6,11-13H2,1-5H3. The molecule has 0 amide bonds. The molecule has 0 aromatic heterocycles. The van der Waals surface area contributed by atoms with Gasteiger partial charge in [0.2, 0.25) is 0 Å². The van der Waals surface area contributed by atoms with Crippen molar-refractivity contribution in [1.82, 2.24) is 10.2 Å². The minimum Gasteiger partial charge on any atom is -0.494 e. The van der Waals surface area contributed by atoms with Crippen molar-refractivity contribution in [3.63, 3.8) is 0 Å². The zero-order chi connectivity index (χ0) is 15.0. The van der Waals surface area contributed by atoms with Gasteiger partial charge in [0.05, 0.1) is 6.61 Å². The van der Waals surface area contributed by atoms with Crippen LogP contribution in [0.15, 0.2) is 24.3 Å². The highest BCUT2D eigenvalue weighted by Crippen LogP contribution is 2.17. The molecule has 0 heterocycles. The number of hydrogen-bond donors (Lipinski definition) is 1. The van der Waals surface area contributed by atoms with Gasteiger partial charge < -0.3 is 10.1 Å². The van der Waals surface area contributed by atoms with Crippen molar-refractivity contribution in [2.75, 3.05) is 19.7 Å². The molecule has 0 aliphatic rings. The van der Waals surface area contributed by atoms with Gasteiger partial charge in [-0.05, 0) is 40.7 Å². The smallest absolute Gasteiger partial charge is 0.123 e. The third-order valence-electron chi connectivity index (χ3n) is 3.46. The molecule has 1 aromatic carbocycles. The first kappa shape index (κ1) is 17.0. The quantitative estimate of drug-likeness (QED) is 0.702. The Morgan fingerprint density at radius 3 is 2.35 bits per heavy atom. The van der Waals surface area contributed by atoms with Gasteiger partial charge >= 0.3 is 0 Å². The second-order valence-electron chi connectivity index (χ2n) is 5.64. The van der Waals surface area contributed by atoms with Gasteiger partial charge in [-0.15, -0.1) is 0 Å². The molecule has 0 spiro atoms. The lowest BCUT2D eigenvalue weighted by Gasteiger charge is -2.30. The van der Waals surface area contributed by atoms with Gasteiger partial charge in [-0.1, -0.05) is 18.2 Å². The predicted molar refractivity (Wildman–Crippen MR) is 86.3 cm³/mol. The van der Waals surface area contributed by atoms with Crippen LogP contribution in [0.1, 0.15) is 40.2 Å². The molecular weight excluding hydrogens is 248 g/mol. The van der Waals surface area contributed by atoms with Crippen molar-refractivity contribution in [3.05, 3.63) is 29.8 Å². The van der Waals surface area contributed by atoms with Gasteiger partial charge in [-0.3, -0.25) is 4.90 Å². The molecule has 0 atom stereocenters. The maximum absolute atomic E-state index is 5.64. The predicted octanol–water partition coefficient (Wildman–Crippen LogP) is 3.29. The number of ether oxygens (including phenoxy) is 1. The van der Waals surface area contributed by atoms with Crippen molar-refractivity contribution in [2.45, 2.75) is 53.2 Å². The van der Waals surface area contributed by atoms with E-state index in [1.165, 1.54) is 5.56 Å². The van der Waals surface area contributed by atoms with E-state index < -0.39 is 0 Å². The third-order valence-corrected chi connectivity index (χ3v) is 3.46. The highest BCUT2D eigenvalue weighted by Gasteiger charge is 2.12. The molecule has 1 N–H and O–H groups in total. The minimum atomic E-state index is 0.590. The summed E-state index contributed by atoms with van der Waals surface area (Å²) in [7, 11) is 0. The summed E-state index contributed by atoms with van der Waals surface area (Å²) in [6.07, 6.45) is 0. The Kier molecular flexibility index (Phi) is 7.63. The first-order chi connectivity index (χ1) is 9.56. The fourth-order valence-electron chi connectivity index (χ4n) is 2.49. The van der Waals surface area contributed by atoms with E-state index in [0.29, 0.717) is 18.7 Å². The van der Waals surface area contributed by atoms with Crippen LogP contribution in [0.3, 0.4) is 0 Å². The molecule has 0 fully saturated rings. The molecule has 0 unspecified atom stereocenters. The van der Waals surface area contributed by atoms with E-state index in [-0.39, 0.29) is 0 Å². The maximum Gasteiger partial charge on any atom is 0.123 e. The van der Waals surface area contributed by atoms with Crippen molar-refractivity contribution in [2.24, 2.45) is 0 Å². The van der Waals surface area contributed by atoms with Gasteiger partial charge in [-0.2, -0.15) is 0 Å². The van der Waals surface area contributed by atoms with Crippen LogP contribution in [0, 0.1) is 0 Å². The molecule has 0 aliphatic heterocycles. The van der Waals surface area contributed by atoms with Crippen LogP contribution >= 0.6 is 0 Å². The molecule has 0 saturated heterocycles. The largest absolute Gasteiger partial charge is 0.494 e. The lowest BCUT2D eigenvalue weighted by Crippen LogP contribution is -2.41. The number of nitrogens with zero attached hydrogens (tertiary/aromatic N) is 1.